The molecule has 0 radical (unpaired) electrons. The number of nitrogens with two attached hydrogens (primary N) is 1. The molecule has 1 fully saturated rings. The van der Waals surface area contributed by atoms with Gasteiger partial charge in [-0.05, 0) is 12.8 Å². The van der Waals surface area contributed by atoms with Gasteiger partial charge in [0.1, 0.15) is 0 Å². The first kappa shape index (κ1) is 9.35. The van der Waals surface area contributed by atoms with E-state index in [0.29, 0.717) is 12.6 Å². The number of rotatable bonds is 2. The second-order valence-corrected chi connectivity index (χ2v) is 6.35. The van der Waals surface area contributed by atoms with E-state index in [9.17, 15) is 8.42 Å². The second kappa shape index (κ2) is 2.82. The van der Waals surface area contributed by atoms with Gasteiger partial charge in [0.15, 0.2) is 9.84 Å². The van der Waals surface area contributed by atoms with E-state index in [0.717, 1.165) is 29.8 Å². The molecule has 1 aromatic heterocycles. The molecule has 0 saturated heterocycles. The van der Waals surface area contributed by atoms with E-state index >= 15 is 0 Å². The normalized spacial score (nSPS) is 23.0. The first-order valence-electron chi connectivity index (χ1n) is 5.10. The van der Waals surface area contributed by atoms with Gasteiger partial charge in [-0.15, -0.1) is 0 Å². The van der Waals surface area contributed by atoms with Crippen molar-refractivity contribution in [2.24, 2.45) is 5.73 Å². The number of fused-ring (bicyclic) bond motifs is 1. The largest absolute Gasteiger partial charge is 0.325 e. The summed E-state index contributed by atoms with van der Waals surface area (Å²) in [7, 11) is -2.95. The predicted molar refractivity (Wildman–Crippen MR) is 54.7 cm³/mol. The van der Waals surface area contributed by atoms with Crippen LogP contribution in [0.5, 0.6) is 0 Å². The van der Waals surface area contributed by atoms with Gasteiger partial charge in [-0.3, -0.25) is 4.68 Å². The minimum Gasteiger partial charge on any atom is -0.325 e. The van der Waals surface area contributed by atoms with Crippen LogP contribution in [0.15, 0.2) is 0 Å². The van der Waals surface area contributed by atoms with Crippen LogP contribution in [0, 0.1) is 0 Å². The van der Waals surface area contributed by atoms with Crippen LogP contribution in [0.25, 0.3) is 0 Å². The molecular formula is C9H13N3O2S. The third-order valence-electron chi connectivity index (χ3n) is 3.01. The maximum absolute atomic E-state index is 11.4. The molecule has 82 valence electrons. The topological polar surface area (TPSA) is 78.0 Å². The van der Waals surface area contributed by atoms with Gasteiger partial charge in [0.05, 0.1) is 28.9 Å². The van der Waals surface area contributed by atoms with Gasteiger partial charge in [0, 0.05) is 12.1 Å². The van der Waals surface area contributed by atoms with Crippen LogP contribution in [0.1, 0.15) is 35.8 Å². The smallest absolute Gasteiger partial charge is 0.160 e. The molecule has 1 aliphatic heterocycles. The van der Waals surface area contributed by atoms with Crippen LogP contribution in [-0.2, 0) is 27.9 Å². The average molecular weight is 227 g/mol. The highest BCUT2D eigenvalue weighted by Gasteiger charge is 2.35. The van der Waals surface area contributed by atoms with E-state index in [2.05, 4.69) is 5.10 Å². The zero-order valence-corrected chi connectivity index (χ0v) is 9.13. The highest BCUT2D eigenvalue weighted by atomic mass is 32.2. The summed E-state index contributed by atoms with van der Waals surface area (Å²) in [5.74, 6) is 0.219. The molecule has 2 aliphatic rings. The van der Waals surface area contributed by atoms with Gasteiger partial charge in [0.2, 0.25) is 0 Å². The third kappa shape index (κ3) is 1.39. The Labute approximate surface area is 88.2 Å². The fraction of sp³-hybridized carbons (Fsp3) is 0.667. The second-order valence-electron chi connectivity index (χ2n) is 4.28. The SMILES string of the molecule is NCc1c2c(nn1C1CC1)CS(=O)(=O)C2. The highest BCUT2D eigenvalue weighted by molar-refractivity contribution is 7.90. The van der Waals surface area contributed by atoms with Gasteiger partial charge in [0.25, 0.3) is 0 Å². The lowest BCUT2D eigenvalue weighted by Crippen LogP contribution is -2.11. The molecule has 1 saturated carbocycles. The van der Waals surface area contributed by atoms with Crippen molar-refractivity contribution in [1.82, 2.24) is 9.78 Å². The first-order valence-corrected chi connectivity index (χ1v) is 6.92. The Morgan fingerprint density at radius 2 is 2.13 bits per heavy atom. The zero-order chi connectivity index (χ0) is 10.6. The summed E-state index contributed by atoms with van der Waals surface area (Å²) in [4.78, 5) is 0. The minimum atomic E-state index is -2.95. The molecular weight excluding hydrogens is 214 g/mol. The Kier molecular flexibility index (Phi) is 1.76. The van der Waals surface area contributed by atoms with Crippen LogP contribution in [0.4, 0.5) is 0 Å². The van der Waals surface area contributed by atoms with E-state index in [1.54, 1.807) is 0 Å². The van der Waals surface area contributed by atoms with Gasteiger partial charge in [-0.25, -0.2) is 8.42 Å². The molecule has 3 rings (SSSR count). The summed E-state index contributed by atoms with van der Waals surface area (Å²) in [6.45, 7) is 0.383. The highest BCUT2D eigenvalue weighted by Crippen LogP contribution is 2.38. The van der Waals surface area contributed by atoms with Crippen LogP contribution < -0.4 is 5.73 Å². The number of hydrogen-bond acceptors (Lipinski definition) is 4. The average Bonchev–Trinajstić information content (AvgIpc) is 2.86. The van der Waals surface area contributed by atoms with E-state index in [1.807, 2.05) is 4.68 Å². The molecule has 0 amide bonds. The summed E-state index contributed by atoms with van der Waals surface area (Å²) in [6, 6.07) is 0.469. The molecule has 0 atom stereocenters. The lowest BCUT2D eigenvalue weighted by molar-refractivity contribution is 0.584. The van der Waals surface area contributed by atoms with Gasteiger partial charge < -0.3 is 5.73 Å². The fourth-order valence-electron chi connectivity index (χ4n) is 2.16. The van der Waals surface area contributed by atoms with Crippen molar-refractivity contribution < 1.29 is 8.42 Å². The fourth-order valence-corrected chi connectivity index (χ4v) is 3.68. The van der Waals surface area contributed by atoms with Crippen molar-refractivity contribution in [1.29, 1.82) is 0 Å². The van der Waals surface area contributed by atoms with Crippen molar-refractivity contribution in [3.8, 4) is 0 Å². The monoisotopic (exact) mass is 227 g/mol. The molecule has 0 bridgehead atoms. The molecule has 0 spiro atoms. The molecule has 2 N–H and O–H groups in total. The lowest BCUT2D eigenvalue weighted by atomic mass is 10.2. The number of hydrogen-bond donors (Lipinski definition) is 1. The molecule has 1 aromatic rings. The van der Waals surface area contributed by atoms with Crippen molar-refractivity contribution >= 4 is 9.84 Å². The molecule has 5 nitrogen and oxygen atoms in total. The van der Waals surface area contributed by atoms with Crippen LogP contribution >= 0.6 is 0 Å². The molecule has 0 unspecified atom stereocenters. The third-order valence-corrected chi connectivity index (χ3v) is 4.45. The molecule has 1 aliphatic carbocycles. The Bertz CT molecular complexity index is 514. The zero-order valence-electron chi connectivity index (χ0n) is 8.31. The van der Waals surface area contributed by atoms with Gasteiger partial charge in [-0.1, -0.05) is 0 Å². The van der Waals surface area contributed by atoms with Crippen molar-refractivity contribution in [3.63, 3.8) is 0 Å². The number of aromatic nitrogens is 2. The Hall–Kier alpha value is -0.880. The van der Waals surface area contributed by atoms with Gasteiger partial charge >= 0.3 is 0 Å². The Morgan fingerprint density at radius 3 is 2.73 bits per heavy atom. The van der Waals surface area contributed by atoms with Gasteiger partial charge in [-0.2, -0.15) is 5.10 Å². The summed E-state index contributed by atoms with van der Waals surface area (Å²) in [5, 5.41) is 4.38. The lowest BCUT2D eigenvalue weighted by Gasteiger charge is -2.05. The van der Waals surface area contributed by atoms with Crippen molar-refractivity contribution in [2.75, 3.05) is 0 Å². The molecule has 15 heavy (non-hydrogen) atoms. The number of nitrogens with zero attached hydrogens (tertiary/aromatic N) is 2. The van der Waals surface area contributed by atoms with E-state index in [1.165, 1.54) is 0 Å². The maximum Gasteiger partial charge on any atom is 0.160 e. The number of sulfone groups is 1. The van der Waals surface area contributed by atoms with Crippen molar-refractivity contribution in [3.05, 3.63) is 17.0 Å². The van der Waals surface area contributed by atoms with E-state index in [4.69, 9.17) is 5.73 Å². The molecule has 0 aromatic carbocycles. The quantitative estimate of drug-likeness (QED) is 0.777. The molecule has 6 heteroatoms. The Balaban J connectivity index is 2.10. The minimum absolute atomic E-state index is 0.0923. The van der Waals surface area contributed by atoms with E-state index < -0.39 is 9.84 Å². The Morgan fingerprint density at radius 1 is 1.40 bits per heavy atom. The first-order chi connectivity index (χ1) is 7.11. The van der Waals surface area contributed by atoms with Crippen LogP contribution in [0.2, 0.25) is 0 Å². The summed E-state index contributed by atoms with van der Waals surface area (Å²) >= 11 is 0. The van der Waals surface area contributed by atoms with E-state index in [-0.39, 0.29) is 11.5 Å². The van der Waals surface area contributed by atoms with Crippen molar-refractivity contribution in [2.45, 2.75) is 36.9 Å². The summed E-state index contributed by atoms with van der Waals surface area (Å²) < 4.78 is 24.8. The van der Waals surface area contributed by atoms with Crippen LogP contribution in [-0.4, -0.2) is 18.2 Å². The predicted octanol–water partition coefficient (Wildman–Crippen LogP) is 0.105. The summed E-state index contributed by atoms with van der Waals surface area (Å²) in [6.07, 6.45) is 2.28. The maximum atomic E-state index is 11.4. The van der Waals surface area contributed by atoms with Crippen LogP contribution in [0.3, 0.4) is 0 Å². The summed E-state index contributed by atoms with van der Waals surface area (Å²) in [5.41, 5.74) is 8.18. The molecule has 2 heterocycles. The standard InChI is InChI=1S/C9H13N3O2S/c10-3-9-7-4-15(13,14)5-8(7)11-12(9)6-1-2-6/h6H,1-5,10H2.